The first-order valence-electron chi connectivity index (χ1n) is 4.90. The lowest BCUT2D eigenvalue weighted by Gasteiger charge is -2.20. The molecule has 0 fully saturated rings. The first-order valence-corrected chi connectivity index (χ1v) is 4.90. The van der Waals surface area contributed by atoms with Crippen LogP contribution in [0.25, 0.3) is 0 Å². The van der Waals surface area contributed by atoms with Crippen molar-refractivity contribution in [3.8, 4) is 0 Å². The van der Waals surface area contributed by atoms with Gasteiger partial charge in [0.05, 0.1) is 19.4 Å². The Morgan fingerprint density at radius 2 is 2.06 bits per heavy atom. The molecule has 0 bridgehead atoms. The number of amides is 1. The highest BCUT2D eigenvalue weighted by atomic mass is 16.3. The number of carbonyl (C=O) groups excluding carboxylic acids is 1. The largest absolute Gasteiger partial charge is 0.395 e. The van der Waals surface area contributed by atoms with Gasteiger partial charge in [-0.3, -0.25) is 9.48 Å². The Morgan fingerprint density at radius 3 is 2.44 bits per heavy atom. The summed E-state index contributed by atoms with van der Waals surface area (Å²) >= 11 is 0. The van der Waals surface area contributed by atoms with E-state index in [4.69, 9.17) is 15.9 Å². The number of hydrogen-bond acceptors (Lipinski definition) is 5. The van der Waals surface area contributed by atoms with Gasteiger partial charge in [-0.15, -0.1) is 0 Å². The van der Waals surface area contributed by atoms with Crippen LogP contribution < -0.4 is 5.73 Å². The summed E-state index contributed by atoms with van der Waals surface area (Å²) in [7, 11) is 1.63. The topological polar surface area (TPSA) is 105 Å². The third-order valence-electron chi connectivity index (χ3n) is 2.24. The van der Waals surface area contributed by atoms with E-state index < -0.39 is 0 Å². The van der Waals surface area contributed by atoms with Crippen molar-refractivity contribution in [2.45, 2.75) is 0 Å². The van der Waals surface area contributed by atoms with Gasteiger partial charge >= 0.3 is 0 Å². The molecule has 16 heavy (non-hydrogen) atoms. The highest BCUT2D eigenvalue weighted by Gasteiger charge is 2.19. The zero-order valence-corrected chi connectivity index (χ0v) is 9.13. The van der Waals surface area contributed by atoms with Gasteiger partial charge < -0.3 is 20.8 Å². The Balaban J connectivity index is 2.85. The molecule has 0 atom stereocenters. The van der Waals surface area contributed by atoms with Gasteiger partial charge in [-0.05, 0) is 0 Å². The van der Waals surface area contributed by atoms with Crippen molar-refractivity contribution in [1.82, 2.24) is 14.7 Å². The van der Waals surface area contributed by atoms with E-state index in [0.29, 0.717) is 0 Å². The summed E-state index contributed by atoms with van der Waals surface area (Å²) in [5.74, 6) is -0.0698. The highest BCUT2D eigenvalue weighted by Crippen LogP contribution is 2.12. The molecule has 0 aromatic carbocycles. The molecule has 90 valence electrons. The standard InChI is InChI=1S/C9H16N4O3/c1-12-8(10)7(6-11-12)9(16)13(2-4-14)3-5-15/h6,14-15H,2-5,10H2,1H3. The van der Waals surface area contributed by atoms with E-state index in [1.807, 2.05) is 0 Å². The molecule has 0 unspecified atom stereocenters. The lowest BCUT2D eigenvalue weighted by Crippen LogP contribution is -2.36. The second-order valence-corrected chi connectivity index (χ2v) is 3.31. The molecule has 0 saturated heterocycles. The number of carbonyl (C=O) groups is 1. The number of aliphatic hydroxyl groups excluding tert-OH is 2. The fraction of sp³-hybridized carbons (Fsp3) is 0.556. The van der Waals surface area contributed by atoms with Crippen molar-refractivity contribution >= 4 is 11.7 Å². The number of aliphatic hydroxyl groups is 2. The Kier molecular flexibility index (Phi) is 4.27. The second kappa shape index (κ2) is 5.47. The SMILES string of the molecule is Cn1ncc(C(=O)N(CCO)CCO)c1N. The number of aryl methyl sites for hydroxylation is 1. The Bertz CT molecular complexity index is 358. The van der Waals surface area contributed by atoms with E-state index in [9.17, 15) is 4.79 Å². The fourth-order valence-corrected chi connectivity index (χ4v) is 1.34. The minimum Gasteiger partial charge on any atom is -0.395 e. The third-order valence-corrected chi connectivity index (χ3v) is 2.24. The van der Waals surface area contributed by atoms with Crippen molar-refractivity contribution < 1.29 is 15.0 Å². The van der Waals surface area contributed by atoms with E-state index in [1.165, 1.54) is 15.8 Å². The number of nitrogens with zero attached hydrogens (tertiary/aromatic N) is 3. The van der Waals surface area contributed by atoms with Crippen molar-refractivity contribution in [3.05, 3.63) is 11.8 Å². The van der Waals surface area contributed by atoms with Crippen LogP contribution in [0.1, 0.15) is 10.4 Å². The zero-order chi connectivity index (χ0) is 12.1. The van der Waals surface area contributed by atoms with Crippen LogP contribution >= 0.6 is 0 Å². The first-order chi connectivity index (χ1) is 7.61. The van der Waals surface area contributed by atoms with Gasteiger partial charge in [-0.25, -0.2) is 0 Å². The van der Waals surface area contributed by atoms with Gasteiger partial charge in [0.1, 0.15) is 11.4 Å². The molecule has 1 aromatic heterocycles. The molecule has 4 N–H and O–H groups in total. The van der Waals surface area contributed by atoms with Crippen LogP contribution in [0.5, 0.6) is 0 Å². The zero-order valence-electron chi connectivity index (χ0n) is 9.13. The van der Waals surface area contributed by atoms with Crippen LogP contribution in [-0.2, 0) is 7.05 Å². The highest BCUT2D eigenvalue weighted by molar-refractivity contribution is 5.98. The van der Waals surface area contributed by atoms with E-state index in [1.54, 1.807) is 7.05 Å². The number of rotatable bonds is 5. The van der Waals surface area contributed by atoms with Crippen LogP contribution in [-0.4, -0.2) is 57.1 Å². The molecule has 7 nitrogen and oxygen atoms in total. The maximum Gasteiger partial charge on any atom is 0.259 e. The molecule has 0 aliphatic heterocycles. The molecule has 0 radical (unpaired) electrons. The molecule has 0 saturated carbocycles. The number of nitrogen functional groups attached to an aromatic ring is 1. The van der Waals surface area contributed by atoms with Crippen LogP contribution in [0.4, 0.5) is 5.82 Å². The van der Waals surface area contributed by atoms with Gasteiger partial charge in [0.2, 0.25) is 0 Å². The van der Waals surface area contributed by atoms with Crippen molar-refractivity contribution in [1.29, 1.82) is 0 Å². The van der Waals surface area contributed by atoms with Gasteiger partial charge in [0, 0.05) is 20.1 Å². The van der Waals surface area contributed by atoms with Crippen LogP contribution in [0.2, 0.25) is 0 Å². The number of nitrogens with two attached hydrogens (primary N) is 1. The molecule has 0 spiro atoms. The summed E-state index contributed by atoms with van der Waals surface area (Å²) < 4.78 is 1.39. The van der Waals surface area contributed by atoms with E-state index >= 15 is 0 Å². The molecule has 1 rings (SSSR count). The molecule has 1 heterocycles. The molecule has 0 aliphatic rings. The fourth-order valence-electron chi connectivity index (χ4n) is 1.34. The maximum atomic E-state index is 11.9. The second-order valence-electron chi connectivity index (χ2n) is 3.31. The number of hydrogen-bond donors (Lipinski definition) is 3. The predicted octanol–water partition coefficient (Wildman–Crippen LogP) is -1.57. The van der Waals surface area contributed by atoms with E-state index in [0.717, 1.165) is 0 Å². The average Bonchev–Trinajstić information content (AvgIpc) is 2.59. The van der Waals surface area contributed by atoms with E-state index in [-0.39, 0.29) is 43.6 Å². The molecule has 0 aliphatic carbocycles. The molecule has 7 heteroatoms. The summed E-state index contributed by atoms with van der Waals surface area (Å²) in [5.41, 5.74) is 5.94. The van der Waals surface area contributed by atoms with Crippen LogP contribution in [0, 0.1) is 0 Å². The first kappa shape index (κ1) is 12.5. The van der Waals surface area contributed by atoms with Crippen molar-refractivity contribution in [2.75, 3.05) is 32.0 Å². The summed E-state index contributed by atoms with van der Waals surface area (Å²) in [5, 5.41) is 21.5. The molecule has 1 aromatic rings. The Labute approximate surface area is 93.1 Å². The normalized spacial score (nSPS) is 10.4. The van der Waals surface area contributed by atoms with E-state index in [2.05, 4.69) is 5.10 Å². The quantitative estimate of drug-likeness (QED) is 0.564. The minimum absolute atomic E-state index is 0.160. The molecular weight excluding hydrogens is 212 g/mol. The van der Waals surface area contributed by atoms with Gasteiger partial charge in [0.25, 0.3) is 5.91 Å². The predicted molar refractivity (Wildman–Crippen MR) is 57.7 cm³/mol. The minimum atomic E-state index is -0.339. The van der Waals surface area contributed by atoms with Gasteiger partial charge in [-0.1, -0.05) is 0 Å². The lowest BCUT2D eigenvalue weighted by molar-refractivity contribution is 0.0686. The number of aromatic nitrogens is 2. The van der Waals surface area contributed by atoms with Crippen LogP contribution in [0.3, 0.4) is 0 Å². The van der Waals surface area contributed by atoms with Gasteiger partial charge in [0.15, 0.2) is 0 Å². The molecule has 1 amide bonds. The third kappa shape index (κ3) is 2.50. The van der Waals surface area contributed by atoms with Crippen LogP contribution in [0.15, 0.2) is 6.20 Å². The average molecular weight is 228 g/mol. The smallest absolute Gasteiger partial charge is 0.259 e. The summed E-state index contributed by atoms with van der Waals surface area (Å²) in [4.78, 5) is 13.3. The molecular formula is C9H16N4O3. The number of anilines is 1. The summed E-state index contributed by atoms with van der Waals surface area (Å²) in [6, 6.07) is 0. The summed E-state index contributed by atoms with van der Waals surface area (Å²) in [6.45, 7) is -0.000725. The lowest BCUT2D eigenvalue weighted by atomic mass is 10.2. The Morgan fingerprint density at radius 1 is 1.50 bits per heavy atom. The maximum absolute atomic E-state index is 11.9. The Hall–Kier alpha value is -1.60. The van der Waals surface area contributed by atoms with Gasteiger partial charge in [-0.2, -0.15) is 5.10 Å². The van der Waals surface area contributed by atoms with Crippen molar-refractivity contribution in [2.24, 2.45) is 7.05 Å². The van der Waals surface area contributed by atoms with Crippen molar-refractivity contribution in [3.63, 3.8) is 0 Å². The summed E-state index contributed by atoms with van der Waals surface area (Å²) in [6.07, 6.45) is 1.37. The monoisotopic (exact) mass is 228 g/mol.